The third-order valence-corrected chi connectivity index (χ3v) is 2.57. The van der Waals surface area contributed by atoms with Crippen molar-refractivity contribution in [2.45, 2.75) is 51.4 Å². The molecule has 92 valence electrons. The van der Waals surface area contributed by atoms with Crippen LogP contribution in [0.1, 0.15) is 34.6 Å². The largest absolute Gasteiger partial charge is 0.367 e. The minimum Gasteiger partial charge on any atom is -0.367 e. The molecule has 0 radical (unpaired) electrons. The fourth-order valence-electron chi connectivity index (χ4n) is 2.56. The lowest BCUT2D eigenvalue weighted by Gasteiger charge is -2.48. The first kappa shape index (κ1) is 13.4. The van der Waals surface area contributed by atoms with Gasteiger partial charge in [-0.05, 0) is 34.6 Å². The van der Waals surface area contributed by atoms with Crippen LogP contribution in [0.4, 0.5) is 0 Å². The Kier molecular flexibility index (Phi) is 3.35. The molecule has 4 nitrogen and oxygen atoms in total. The van der Waals surface area contributed by atoms with Crippen molar-refractivity contribution in [3.63, 3.8) is 0 Å². The second-order valence-corrected chi connectivity index (χ2v) is 6.30. The van der Waals surface area contributed by atoms with E-state index in [9.17, 15) is 0 Å². The van der Waals surface area contributed by atoms with E-state index in [1.54, 1.807) is 6.92 Å². The van der Waals surface area contributed by atoms with Gasteiger partial charge in [0.15, 0.2) is 0 Å². The molecule has 0 aliphatic carbocycles. The van der Waals surface area contributed by atoms with Gasteiger partial charge in [-0.15, -0.1) is 0 Å². The molecular formula is C12H23N3O. The molecule has 2 N–H and O–H groups in total. The Morgan fingerprint density at radius 2 is 1.75 bits per heavy atom. The molecule has 0 bridgehead atoms. The summed E-state index contributed by atoms with van der Waals surface area (Å²) in [6.45, 7) is 12.3. The van der Waals surface area contributed by atoms with Crippen LogP contribution in [-0.2, 0) is 4.74 Å². The molecule has 0 aromatic rings. The van der Waals surface area contributed by atoms with Gasteiger partial charge in [0.2, 0.25) is 0 Å². The predicted octanol–water partition coefficient (Wildman–Crippen LogP) is 1.12. The summed E-state index contributed by atoms with van der Waals surface area (Å²) in [5.41, 5.74) is 4.72. The molecule has 1 heterocycles. The van der Waals surface area contributed by atoms with E-state index in [0.29, 0.717) is 6.54 Å². The van der Waals surface area contributed by atoms with Gasteiger partial charge >= 0.3 is 0 Å². The molecule has 4 heteroatoms. The smallest absolute Gasteiger partial charge is 0.114 e. The lowest BCUT2D eigenvalue weighted by molar-refractivity contribution is -0.181. The molecule has 1 fully saturated rings. The second-order valence-electron chi connectivity index (χ2n) is 6.30. The number of nitriles is 1. The number of nitrogens with two attached hydrogens (primary N) is 1. The lowest BCUT2D eigenvalue weighted by Crippen LogP contribution is -2.60. The van der Waals surface area contributed by atoms with Crippen molar-refractivity contribution in [1.82, 2.24) is 4.90 Å². The Labute approximate surface area is 98.4 Å². The predicted molar refractivity (Wildman–Crippen MR) is 63.9 cm³/mol. The van der Waals surface area contributed by atoms with Gasteiger partial charge < -0.3 is 10.5 Å². The fraction of sp³-hybridized carbons (Fsp3) is 0.917. The molecule has 1 rings (SSSR count). The monoisotopic (exact) mass is 225 g/mol. The standard InChI is InChI=1S/C12H23N3O/c1-10(2)7-15(8-11(3,4)16-10)9-12(5,14)6-13/h7-9,14H2,1-5H3. The molecule has 1 aliphatic heterocycles. The van der Waals surface area contributed by atoms with E-state index in [1.807, 2.05) is 0 Å². The summed E-state index contributed by atoms with van der Waals surface area (Å²) >= 11 is 0. The summed E-state index contributed by atoms with van der Waals surface area (Å²) in [6.07, 6.45) is 0. The van der Waals surface area contributed by atoms with Crippen LogP contribution < -0.4 is 5.73 Å². The van der Waals surface area contributed by atoms with Crippen LogP contribution in [0.5, 0.6) is 0 Å². The van der Waals surface area contributed by atoms with Crippen LogP contribution in [0.15, 0.2) is 0 Å². The molecule has 0 spiro atoms. The van der Waals surface area contributed by atoms with Gasteiger partial charge in [-0.25, -0.2) is 0 Å². The Morgan fingerprint density at radius 1 is 1.31 bits per heavy atom. The topological polar surface area (TPSA) is 62.3 Å². The van der Waals surface area contributed by atoms with Crippen molar-refractivity contribution in [2.75, 3.05) is 19.6 Å². The van der Waals surface area contributed by atoms with Gasteiger partial charge in [-0.2, -0.15) is 5.26 Å². The minimum absolute atomic E-state index is 0.187. The highest BCUT2D eigenvalue weighted by molar-refractivity contribution is 5.04. The molecule has 0 aromatic carbocycles. The number of rotatable bonds is 2. The molecule has 0 aromatic heterocycles. The van der Waals surface area contributed by atoms with Gasteiger partial charge in [0.25, 0.3) is 0 Å². The molecule has 1 unspecified atom stereocenters. The lowest BCUT2D eigenvalue weighted by atomic mass is 9.96. The molecule has 1 saturated heterocycles. The molecule has 0 saturated carbocycles. The molecule has 1 atom stereocenters. The summed E-state index contributed by atoms with van der Waals surface area (Å²) in [5.74, 6) is 0. The number of morpholine rings is 1. The van der Waals surface area contributed by atoms with Crippen molar-refractivity contribution < 1.29 is 4.74 Å². The van der Waals surface area contributed by atoms with Gasteiger partial charge in [-0.1, -0.05) is 0 Å². The van der Waals surface area contributed by atoms with Crippen molar-refractivity contribution in [3.05, 3.63) is 0 Å². The second kappa shape index (κ2) is 3.99. The van der Waals surface area contributed by atoms with Crippen molar-refractivity contribution in [1.29, 1.82) is 5.26 Å². The first-order valence-corrected chi connectivity index (χ1v) is 5.68. The van der Waals surface area contributed by atoms with E-state index in [1.165, 1.54) is 0 Å². The van der Waals surface area contributed by atoms with E-state index in [0.717, 1.165) is 13.1 Å². The SMILES string of the molecule is CC(N)(C#N)CN1CC(C)(C)OC(C)(C)C1. The highest BCUT2D eigenvalue weighted by atomic mass is 16.5. The maximum absolute atomic E-state index is 8.95. The molecule has 0 amide bonds. The maximum atomic E-state index is 8.95. The van der Waals surface area contributed by atoms with E-state index in [-0.39, 0.29) is 11.2 Å². The number of nitrogens with zero attached hydrogens (tertiary/aromatic N) is 2. The summed E-state index contributed by atoms with van der Waals surface area (Å²) in [4.78, 5) is 2.22. The Balaban J connectivity index is 2.73. The van der Waals surface area contributed by atoms with Crippen LogP contribution in [-0.4, -0.2) is 41.3 Å². The summed E-state index contributed by atoms with van der Waals surface area (Å²) in [7, 11) is 0. The highest BCUT2D eigenvalue weighted by Gasteiger charge is 2.39. The van der Waals surface area contributed by atoms with E-state index in [2.05, 4.69) is 38.7 Å². The number of ether oxygens (including phenoxy) is 1. The van der Waals surface area contributed by atoms with Crippen molar-refractivity contribution in [3.8, 4) is 6.07 Å². The van der Waals surface area contributed by atoms with Gasteiger partial charge in [0.05, 0.1) is 17.3 Å². The first-order valence-electron chi connectivity index (χ1n) is 5.68. The molecule has 1 aliphatic rings. The third kappa shape index (κ3) is 3.75. The van der Waals surface area contributed by atoms with Crippen LogP contribution in [0.25, 0.3) is 0 Å². The van der Waals surface area contributed by atoms with Crippen molar-refractivity contribution in [2.24, 2.45) is 5.73 Å². The Hall–Kier alpha value is -0.630. The Bertz CT molecular complexity index is 286. The van der Waals surface area contributed by atoms with Crippen LogP contribution in [0.2, 0.25) is 0 Å². The van der Waals surface area contributed by atoms with E-state index in [4.69, 9.17) is 15.7 Å². The van der Waals surface area contributed by atoms with Crippen LogP contribution in [0.3, 0.4) is 0 Å². The van der Waals surface area contributed by atoms with Gasteiger partial charge in [-0.3, -0.25) is 4.90 Å². The Morgan fingerprint density at radius 3 is 2.12 bits per heavy atom. The molecular weight excluding hydrogens is 202 g/mol. The summed E-state index contributed by atoms with van der Waals surface area (Å²) in [6, 6.07) is 2.14. The average molecular weight is 225 g/mol. The van der Waals surface area contributed by atoms with E-state index >= 15 is 0 Å². The summed E-state index contributed by atoms with van der Waals surface area (Å²) in [5, 5.41) is 8.95. The average Bonchev–Trinajstić information content (AvgIpc) is 1.96. The summed E-state index contributed by atoms with van der Waals surface area (Å²) < 4.78 is 5.97. The normalized spacial score (nSPS) is 28.1. The molecule has 16 heavy (non-hydrogen) atoms. The van der Waals surface area contributed by atoms with E-state index < -0.39 is 5.54 Å². The van der Waals surface area contributed by atoms with Crippen LogP contribution in [0, 0.1) is 11.3 Å². The third-order valence-electron chi connectivity index (χ3n) is 2.57. The van der Waals surface area contributed by atoms with Crippen molar-refractivity contribution >= 4 is 0 Å². The number of hydrogen-bond donors (Lipinski definition) is 1. The fourth-order valence-corrected chi connectivity index (χ4v) is 2.56. The van der Waals surface area contributed by atoms with Crippen LogP contribution >= 0.6 is 0 Å². The highest BCUT2D eigenvalue weighted by Crippen LogP contribution is 2.28. The zero-order chi connectivity index (χ0) is 12.6. The zero-order valence-electron chi connectivity index (χ0n) is 11.0. The maximum Gasteiger partial charge on any atom is 0.114 e. The first-order chi connectivity index (χ1) is 7.05. The number of hydrogen-bond acceptors (Lipinski definition) is 4. The van der Waals surface area contributed by atoms with Gasteiger partial charge in [0.1, 0.15) is 5.54 Å². The van der Waals surface area contributed by atoms with Gasteiger partial charge in [0, 0.05) is 19.6 Å². The minimum atomic E-state index is -0.788. The quantitative estimate of drug-likeness (QED) is 0.765. The zero-order valence-corrected chi connectivity index (χ0v) is 11.0.